The highest BCUT2D eigenvalue weighted by Gasteiger charge is 2.04. The lowest BCUT2D eigenvalue weighted by Gasteiger charge is -2.00. The number of hydrogen-bond acceptors (Lipinski definition) is 4. The molecule has 0 aliphatic rings. The van der Waals surface area contributed by atoms with E-state index in [0.29, 0.717) is 11.0 Å². The Balaban J connectivity index is 2.46. The maximum absolute atomic E-state index is 10.7. The van der Waals surface area contributed by atoms with Crippen molar-refractivity contribution in [3.05, 3.63) is 6.20 Å². The van der Waals surface area contributed by atoms with E-state index < -0.39 is 0 Å². The number of carbonyl (C=O) groups excluding carboxylic acids is 1. The number of aromatic nitrogens is 1. The molecular formula is C9H14N2OS2. The van der Waals surface area contributed by atoms with Gasteiger partial charge in [0.1, 0.15) is 0 Å². The average molecular weight is 230 g/mol. The first-order valence-electron chi connectivity index (χ1n) is 4.44. The highest BCUT2D eigenvalue weighted by molar-refractivity contribution is 8.01. The molecular weight excluding hydrogens is 216 g/mol. The van der Waals surface area contributed by atoms with Gasteiger partial charge >= 0.3 is 0 Å². The molecule has 1 amide bonds. The third-order valence-electron chi connectivity index (χ3n) is 1.33. The second kappa shape index (κ2) is 5.36. The number of nitrogens with zero attached hydrogens (tertiary/aromatic N) is 1. The van der Waals surface area contributed by atoms with E-state index >= 15 is 0 Å². The van der Waals surface area contributed by atoms with Gasteiger partial charge in [0.25, 0.3) is 0 Å². The fourth-order valence-corrected chi connectivity index (χ4v) is 2.68. The predicted octanol–water partition coefficient (Wildman–Crippen LogP) is 2.85. The zero-order chi connectivity index (χ0) is 10.6. The summed E-state index contributed by atoms with van der Waals surface area (Å²) in [5, 5.41) is 3.35. The Morgan fingerprint density at radius 1 is 1.71 bits per heavy atom. The van der Waals surface area contributed by atoms with Crippen LogP contribution in [0.5, 0.6) is 0 Å². The lowest BCUT2D eigenvalue weighted by atomic mass is 10.3. The van der Waals surface area contributed by atoms with Crippen molar-refractivity contribution < 1.29 is 4.79 Å². The van der Waals surface area contributed by atoms with E-state index in [-0.39, 0.29) is 5.91 Å². The number of carbonyl (C=O) groups is 1. The fraction of sp³-hybridized carbons (Fsp3) is 0.556. The second-order valence-corrected chi connectivity index (χ2v) is 5.72. The van der Waals surface area contributed by atoms with Crippen molar-refractivity contribution in [2.75, 3.05) is 11.1 Å². The summed E-state index contributed by atoms with van der Waals surface area (Å²) in [6.07, 6.45) is 1.81. The summed E-state index contributed by atoms with van der Waals surface area (Å²) in [6, 6.07) is 0. The molecule has 0 saturated heterocycles. The minimum atomic E-state index is -0.0697. The van der Waals surface area contributed by atoms with Crippen molar-refractivity contribution in [1.82, 2.24) is 4.98 Å². The Morgan fingerprint density at radius 3 is 3.00 bits per heavy atom. The number of thioether (sulfide) groups is 1. The smallest absolute Gasteiger partial charge is 0.223 e. The van der Waals surface area contributed by atoms with Crippen molar-refractivity contribution in [2.45, 2.75) is 25.0 Å². The molecule has 1 heterocycles. The van der Waals surface area contributed by atoms with Crippen LogP contribution >= 0.6 is 23.1 Å². The molecule has 0 unspecified atom stereocenters. The topological polar surface area (TPSA) is 42.0 Å². The Morgan fingerprint density at radius 2 is 2.43 bits per heavy atom. The van der Waals surface area contributed by atoms with Gasteiger partial charge in [0.2, 0.25) is 5.91 Å². The maximum Gasteiger partial charge on any atom is 0.223 e. The lowest BCUT2D eigenvalue weighted by Crippen LogP contribution is -2.04. The molecule has 1 rings (SSSR count). The molecule has 14 heavy (non-hydrogen) atoms. The zero-order valence-corrected chi connectivity index (χ0v) is 10.2. The standard InChI is InChI=1S/C9H14N2OS2/c1-6(2)5-13-8-4-10-9(14-8)11-7(3)12/h4,6H,5H2,1-3H3,(H,10,11,12). The van der Waals surface area contributed by atoms with Crippen LogP contribution in [0.25, 0.3) is 0 Å². The van der Waals surface area contributed by atoms with Crippen molar-refractivity contribution in [3.8, 4) is 0 Å². The van der Waals surface area contributed by atoms with Gasteiger partial charge in [-0.3, -0.25) is 4.79 Å². The van der Waals surface area contributed by atoms with Crippen molar-refractivity contribution >= 4 is 34.1 Å². The lowest BCUT2D eigenvalue weighted by molar-refractivity contribution is -0.114. The van der Waals surface area contributed by atoms with Crippen LogP contribution in [0.15, 0.2) is 10.4 Å². The summed E-state index contributed by atoms with van der Waals surface area (Å²) < 4.78 is 1.16. The van der Waals surface area contributed by atoms with Gasteiger partial charge in [0, 0.05) is 12.7 Å². The van der Waals surface area contributed by atoms with Crippen LogP contribution in [0.3, 0.4) is 0 Å². The Labute approximate surface area is 92.3 Å². The second-order valence-electron chi connectivity index (χ2n) is 3.37. The number of thiazole rings is 1. The van der Waals surface area contributed by atoms with E-state index in [1.54, 1.807) is 11.8 Å². The average Bonchev–Trinajstić information content (AvgIpc) is 2.47. The number of nitrogens with one attached hydrogen (secondary N) is 1. The summed E-state index contributed by atoms with van der Waals surface area (Å²) in [5.74, 6) is 1.69. The Bertz CT molecular complexity index is 310. The molecule has 3 nitrogen and oxygen atoms in total. The summed E-state index contributed by atoms with van der Waals surface area (Å²) in [4.78, 5) is 14.8. The highest BCUT2D eigenvalue weighted by Crippen LogP contribution is 2.29. The quantitative estimate of drug-likeness (QED) is 0.809. The van der Waals surface area contributed by atoms with Crippen LogP contribution in [0, 0.1) is 5.92 Å². The molecule has 0 saturated carbocycles. The van der Waals surface area contributed by atoms with E-state index in [1.165, 1.54) is 18.3 Å². The number of anilines is 1. The molecule has 1 aromatic rings. The van der Waals surface area contributed by atoms with Gasteiger partial charge in [-0.2, -0.15) is 0 Å². The van der Waals surface area contributed by atoms with Gasteiger partial charge in [-0.1, -0.05) is 25.2 Å². The number of hydrogen-bond donors (Lipinski definition) is 1. The molecule has 0 aliphatic heterocycles. The van der Waals surface area contributed by atoms with Gasteiger partial charge in [0.15, 0.2) is 5.13 Å². The largest absolute Gasteiger partial charge is 0.302 e. The highest BCUT2D eigenvalue weighted by atomic mass is 32.2. The minimum Gasteiger partial charge on any atom is -0.302 e. The van der Waals surface area contributed by atoms with Crippen LogP contribution in [0.4, 0.5) is 5.13 Å². The third kappa shape index (κ3) is 4.11. The first kappa shape index (κ1) is 11.5. The molecule has 0 fully saturated rings. The molecule has 0 atom stereocenters. The Kier molecular flexibility index (Phi) is 4.41. The van der Waals surface area contributed by atoms with Gasteiger partial charge in [-0.25, -0.2) is 4.98 Å². The van der Waals surface area contributed by atoms with Crippen LogP contribution < -0.4 is 5.32 Å². The molecule has 0 spiro atoms. The SMILES string of the molecule is CC(=O)Nc1ncc(SCC(C)C)s1. The monoisotopic (exact) mass is 230 g/mol. The molecule has 0 aliphatic carbocycles. The fourth-order valence-electron chi connectivity index (χ4n) is 0.783. The zero-order valence-electron chi connectivity index (χ0n) is 8.53. The normalized spacial score (nSPS) is 10.6. The molecule has 78 valence electrons. The predicted molar refractivity (Wildman–Crippen MR) is 62.0 cm³/mol. The first-order chi connectivity index (χ1) is 6.58. The van der Waals surface area contributed by atoms with Gasteiger partial charge in [-0.15, -0.1) is 11.8 Å². The summed E-state index contributed by atoms with van der Waals surface area (Å²) in [7, 11) is 0. The molecule has 1 N–H and O–H groups in total. The van der Waals surface area contributed by atoms with Gasteiger partial charge in [-0.05, 0) is 5.92 Å². The summed E-state index contributed by atoms with van der Waals surface area (Å²) in [6.45, 7) is 5.86. The molecule has 0 radical (unpaired) electrons. The van der Waals surface area contributed by atoms with E-state index in [9.17, 15) is 4.79 Å². The van der Waals surface area contributed by atoms with Crippen molar-refractivity contribution in [2.24, 2.45) is 5.92 Å². The number of rotatable bonds is 4. The molecule has 0 aromatic carbocycles. The van der Waals surface area contributed by atoms with Crippen LogP contribution in [-0.2, 0) is 4.79 Å². The minimum absolute atomic E-state index is 0.0697. The van der Waals surface area contributed by atoms with E-state index in [4.69, 9.17) is 0 Å². The maximum atomic E-state index is 10.7. The van der Waals surface area contributed by atoms with Gasteiger partial charge < -0.3 is 5.32 Å². The van der Waals surface area contributed by atoms with Crippen LogP contribution in [-0.4, -0.2) is 16.6 Å². The molecule has 0 bridgehead atoms. The van der Waals surface area contributed by atoms with E-state index in [1.807, 2.05) is 6.20 Å². The number of amides is 1. The van der Waals surface area contributed by atoms with Crippen molar-refractivity contribution in [3.63, 3.8) is 0 Å². The Hall–Kier alpha value is -0.550. The van der Waals surface area contributed by atoms with Crippen LogP contribution in [0.1, 0.15) is 20.8 Å². The molecule has 1 aromatic heterocycles. The van der Waals surface area contributed by atoms with Crippen molar-refractivity contribution in [1.29, 1.82) is 0 Å². The first-order valence-corrected chi connectivity index (χ1v) is 6.24. The van der Waals surface area contributed by atoms with E-state index in [0.717, 1.165) is 9.96 Å². The van der Waals surface area contributed by atoms with E-state index in [2.05, 4.69) is 24.1 Å². The third-order valence-corrected chi connectivity index (χ3v) is 3.86. The molecule has 5 heteroatoms. The summed E-state index contributed by atoms with van der Waals surface area (Å²) in [5.41, 5.74) is 0. The van der Waals surface area contributed by atoms with Crippen LogP contribution in [0.2, 0.25) is 0 Å². The summed E-state index contributed by atoms with van der Waals surface area (Å²) >= 11 is 3.30. The van der Waals surface area contributed by atoms with Gasteiger partial charge in [0.05, 0.1) is 10.4 Å².